The monoisotopic (exact) mass is 225 g/mol. The quantitative estimate of drug-likeness (QED) is 0.673. The first-order valence-corrected chi connectivity index (χ1v) is 6.10. The summed E-state index contributed by atoms with van der Waals surface area (Å²) in [6.45, 7) is 0.704. The van der Waals surface area contributed by atoms with Gasteiger partial charge in [-0.15, -0.1) is 0 Å². The van der Waals surface area contributed by atoms with Crippen LogP contribution >= 0.6 is 0 Å². The van der Waals surface area contributed by atoms with Crippen LogP contribution in [0.4, 0.5) is 0 Å². The third kappa shape index (κ3) is 1.80. The van der Waals surface area contributed by atoms with Crippen molar-refractivity contribution in [3.8, 4) is 0 Å². The van der Waals surface area contributed by atoms with E-state index < -0.39 is 0 Å². The van der Waals surface area contributed by atoms with Crippen LogP contribution in [0.1, 0.15) is 23.2 Å². The summed E-state index contributed by atoms with van der Waals surface area (Å²) in [5, 5.41) is 0. The van der Waals surface area contributed by atoms with Crippen LogP contribution in [0.5, 0.6) is 0 Å². The molecule has 86 valence electrons. The van der Waals surface area contributed by atoms with E-state index in [-0.39, 0.29) is 5.91 Å². The largest absolute Gasteiger partial charge is 0.308 e. The molecule has 0 bridgehead atoms. The summed E-state index contributed by atoms with van der Waals surface area (Å²) in [6, 6.07) is 9.52. The summed E-state index contributed by atoms with van der Waals surface area (Å²) in [5.41, 5.74) is 1.97. The van der Waals surface area contributed by atoms with Crippen LogP contribution in [-0.2, 0) is 0 Å². The average Bonchev–Trinajstić information content (AvgIpc) is 2.87. The van der Waals surface area contributed by atoms with Crippen molar-refractivity contribution in [1.29, 1.82) is 0 Å². The van der Waals surface area contributed by atoms with Crippen LogP contribution in [0.3, 0.4) is 0 Å². The van der Waals surface area contributed by atoms with Gasteiger partial charge in [0.05, 0.1) is 0 Å². The lowest BCUT2D eigenvalue weighted by Gasteiger charge is -2.29. The van der Waals surface area contributed by atoms with Gasteiger partial charge in [-0.05, 0) is 25.0 Å². The molecule has 1 heterocycles. The maximum absolute atomic E-state index is 12.4. The summed E-state index contributed by atoms with van der Waals surface area (Å²) in [4.78, 5) is 14.3. The zero-order valence-electron chi connectivity index (χ0n) is 9.67. The Balaban J connectivity index is 1.90. The SMILES string of the molecule is O=C(c1ccccc1)N1CC=CC2CCC=C21. The zero-order chi connectivity index (χ0) is 11.7. The van der Waals surface area contributed by atoms with Crippen molar-refractivity contribution in [2.45, 2.75) is 12.8 Å². The molecule has 0 saturated carbocycles. The Bertz CT molecular complexity index is 487. The number of carbonyl (C=O) groups is 1. The lowest BCUT2D eigenvalue weighted by molar-refractivity contribution is 0.0806. The van der Waals surface area contributed by atoms with Crippen LogP contribution in [-0.4, -0.2) is 17.4 Å². The van der Waals surface area contributed by atoms with Crippen LogP contribution in [0.2, 0.25) is 0 Å². The molecule has 0 N–H and O–H groups in total. The molecule has 1 atom stereocenters. The highest BCUT2D eigenvalue weighted by Crippen LogP contribution is 2.33. The summed E-state index contributed by atoms with van der Waals surface area (Å²) < 4.78 is 0. The molecule has 3 rings (SSSR count). The predicted molar refractivity (Wildman–Crippen MR) is 67.4 cm³/mol. The Labute approximate surface area is 101 Å². The van der Waals surface area contributed by atoms with Crippen molar-refractivity contribution in [1.82, 2.24) is 4.90 Å². The molecular formula is C15H15NO. The minimum Gasteiger partial charge on any atom is -0.308 e. The van der Waals surface area contributed by atoms with Gasteiger partial charge in [0.15, 0.2) is 0 Å². The van der Waals surface area contributed by atoms with Gasteiger partial charge in [0.2, 0.25) is 0 Å². The Morgan fingerprint density at radius 1 is 1.24 bits per heavy atom. The highest BCUT2D eigenvalue weighted by atomic mass is 16.2. The molecule has 0 fully saturated rings. The highest BCUT2D eigenvalue weighted by molar-refractivity contribution is 5.95. The van der Waals surface area contributed by atoms with Crippen LogP contribution < -0.4 is 0 Å². The standard InChI is InChI=1S/C15H15NO/c17-15(13-6-2-1-3-7-13)16-11-5-9-12-8-4-10-14(12)16/h1-3,5-7,9-10,12H,4,8,11H2. The maximum Gasteiger partial charge on any atom is 0.258 e. The highest BCUT2D eigenvalue weighted by Gasteiger charge is 2.28. The molecule has 2 aliphatic rings. The Morgan fingerprint density at radius 2 is 2.06 bits per heavy atom. The van der Waals surface area contributed by atoms with Gasteiger partial charge in [0, 0.05) is 23.7 Å². The molecule has 1 aromatic rings. The number of rotatable bonds is 1. The summed E-state index contributed by atoms with van der Waals surface area (Å²) in [5.74, 6) is 0.574. The normalized spacial score (nSPS) is 22.2. The van der Waals surface area contributed by atoms with Gasteiger partial charge < -0.3 is 4.90 Å². The van der Waals surface area contributed by atoms with E-state index in [2.05, 4.69) is 18.2 Å². The minimum atomic E-state index is 0.119. The number of fused-ring (bicyclic) bond motifs is 1. The number of hydrogen-bond donors (Lipinski definition) is 0. The lowest BCUT2D eigenvalue weighted by atomic mass is 10.0. The van der Waals surface area contributed by atoms with E-state index in [1.807, 2.05) is 35.2 Å². The van der Waals surface area contributed by atoms with E-state index in [1.54, 1.807) is 0 Å². The molecular weight excluding hydrogens is 210 g/mol. The number of hydrogen-bond acceptors (Lipinski definition) is 1. The van der Waals surface area contributed by atoms with Gasteiger partial charge in [-0.1, -0.05) is 36.4 Å². The fourth-order valence-corrected chi connectivity index (χ4v) is 2.59. The minimum absolute atomic E-state index is 0.119. The van der Waals surface area contributed by atoms with E-state index in [1.165, 1.54) is 5.70 Å². The second-order valence-electron chi connectivity index (χ2n) is 4.52. The smallest absolute Gasteiger partial charge is 0.258 e. The third-order valence-electron chi connectivity index (χ3n) is 3.44. The van der Waals surface area contributed by atoms with E-state index in [0.29, 0.717) is 12.5 Å². The van der Waals surface area contributed by atoms with Gasteiger partial charge in [-0.2, -0.15) is 0 Å². The van der Waals surface area contributed by atoms with E-state index in [0.717, 1.165) is 18.4 Å². The molecule has 1 aromatic carbocycles. The fraction of sp³-hybridized carbons (Fsp3) is 0.267. The van der Waals surface area contributed by atoms with Crippen molar-refractivity contribution in [3.05, 3.63) is 59.8 Å². The second kappa shape index (κ2) is 4.21. The van der Waals surface area contributed by atoms with Gasteiger partial charge in [-0.3, -0.25) is 4.79 Å². The van der Waals surface area contributed by atoms with Crippen molar-refractivity contribution < 1.29 is 4.79 Å². The first-order chi connectivity index (χ1) is 8.36. The molecule has 0 radical (unpaired) electrons. The number of carbonyl (C=O) groups excluding carboxylic acids is 1. The van der Waals surface area contributed by atoms with Gasteiger partial charge in [-0.25, -0.2) is 0 Å². The van der Waals surface area contributed by atoms with Gasteiger partial charge in [0.25, 0.3) is 5.91 Å². The van der Waals surface area contributed by atoms with Crippen molar-refractivity contribution in [2.75, 3.05) is 6.54 Å². The van der Waals surface area contributed by atoms with Gasteiger partial charge >= 0.3 is 0 Å². The Kier molecular flexibility index (Phi) is 2.56. The molecule has 1 aliphatic carbocycles. The zero-order valence-corrected chi connectivity index (χ0v) is 9.67. The number of allylic oxidation sites excluding steroid dienone is 2. The molecule has 1 amide bonds. The van der Waals surface area contributed by atoms with Crippen LogP contribution in [0.25, 0.3) is 0 Å². The predicted octanol–water partition coefficient (Wildman–Crippen LogP) is 2.99. The van der Waals surface area contributed by atoms with Gasteiger partial charge in [0.1, 0.15) is 0 Å². The summed E-state index contributed by atoms with van der Waals surface area (Å²) in [7, 11) is 0. The molecule has 2 nitrogen and oxygen atoms in total. The molecule has 0 spiro atoms. The number of amides is 1. The topological polar surface area (TPSA) is 20.3 Å². The first kappa shape index (κ1) is 10.3. The number of benzene rings is 1. The summed E-state index contributed by atoms with van der Waals surface area (Å²) >= 11 is 0. The van der Waals surface area contributed by atoms with Crippen LogP contribution in [0.15, 0.2) is 54.3 Å². The fourth-order valence-electron chi connectivity index (χ4n) is 2.59. The molecule has 0 aromatic heterocycles. The lowest BCUT2D eigenvalue weighted by Crippen LogP contribution is -2.34. The number of nitrogens with zero attached hydrogens (tertiary/aromatic N) is 1. The van der Waals surface area contributed by atoms with Crippen molar-refractivity contribution in [2.24, 2.45) is 5.92 Å². The maximum atomic E-state index is 12.4. The van der Waals surface area contributed by atoms with E-state index >= 15 is 0 Å². The molecule has 1 unspecified atom stereocenters. The van der Waals surface area contributed by atoms with Crippen molar-refractivity contribution in [3.63, 3.8) is 0 Å². The molecule has 0 saturated heterocycles. The molecule has 2 heteroatoms. The third-order valence-corrected chi connectivity index (χ3v) is 3.44. The van der Waals surface area contributed by atoms with Crippen LogP contribution in [0, 0.1) is 5.92 Å². The summed E-state index contributed by atoms with van der Waals surface area (Å²) in [6.07, 6.45) is 8.77. The molecule has 17 heavy (non-hydrogen) atoms. The Morgan fingerprint density at radius 3 is 2.88 bits per heavy atom. The first-order valence-electron chi connectivity index (χ1n) is 6.10. The Hall–Kier alpha value is -1.83. The average molecular weight is 225 g/mol. The second-order valence-corrected chi connectivity index (χ2v) is 4.52. The van der Waals surface area contributed by atoms with Crippen molar-refractivity contribution >= 4 is 5.91 Å². The van der Waals surface area contributed by atoms with E-state index in [9.17, 15) is 4.79 Å². The van der Waals surface area contributed by atoms with E-state index in [4.69, 9.17) is 0 Å². The molecule has 1 aliphatic heterocycles.